The highest BCUT2D eigenvalue weighted by atomic mass is 32.1. The van der Waals surface area contributed by atoms with Gasteiger partial charge in [-0.25, -0.2) is 9.78 Å². The first-order chi connectivity index (χ1) is 10.6. The lowest BCUT2D eigenvalue weighted by Crippen LogP contribution is -2.43. The van der Waals surface area contributed by atoms with Gasteiger partial charge in [-0.1, -0.05) is 17.7 Å². The molecule has 114 valence electrons. The summed E-state index contributed by atoms with van der Waals surface area (Å²) in [6, 6.07) is 6.88. The minimum Gasteiger partial charge on any atom is -0.326 e. The normalized spacial score (nSPS) is 17.6. The molecule has 2 heterocycles. The maximum absolute atomic E-state index is 12.4. The van der Waals surface area contributed by atoms with Crippen molar-refractivity contribution in [1.82, 2.24) is 10.3 Å². The third kappa shape index (κ3) is 3.09. The number of carbonyl (C=O) groups is 2. The topological polar surface area (TPSA) is 74.3 Å². The van der Waals surface area contributed by atoms with Crippen LogP contribution in [-0.2, 0) is 4.79 Å². The molecule has 1 unspecified atom stereocenters. The molecule has 0 saturated carbocycles. The zero-order valence-corrected chi connectivity index (χ0v) is 12.9. The van der Waals surface area contributed by atoms with Crippen LogP contribution in [0, 0.1) is 6.92 Å². The summed E-state index contributed by atoms with van der Waals surface area (Å²) in [6.45, 7) is 2.60. The van der Waals surface area contributed by atoms with Gasteiger partial charge in [0.15, 0.2) is 5.13 Å². The van der Waals surface area contributed by atoms with Crippen LogP contribution in [0.5, 0.6) is 0 Å². The molecular weight excluding hydrogens is 300 g/mol. The van der Waals surface area contributed by atoms with Crippen LogP contribution in [0.4, 0.5) is 15.6 Å². The Bertz CT molecular complexity index is 669. The monoisotopic (exact) mass is 316 g/mol. The quantitative estimate of drug-likeness (QED) is 0.913. The van der Waals surface area contributed by atoms with Crippen LogP contribution in [0.15, 0.2) is 35.8 Å². The largest absolute Gasteiger partial charge is 0.326 e. The van der Waals surface area contributed by atoms with Gasteiger partial charge in [-0.2, -0.15) is 0 Å². The number of thiazole rings is 1. The predicted molar refractivity (Wildman–Crippen MR) is 86.2 cm³/mol. The Balaban J connectivity index is 1.61. The minimum atomic E-state index is -0.499. The Morgan fingerprint density at radius 2 is 2.14 bits per heavy atom. The van der Waals surface area contributed by atoms with Gasteiger partial charge in [-0.15, -0.1) is 11.3 Å². The summed E-state index contributed by atoms with van der Waals surface area (Å²) in [7, 11) is 0. The zero-order chi connectivity index (χ0) is 15.5. The Hall–Kier alpha value is -2.41. The Labute approximate surface area is 132 Å². The van der Waals surface area contributed by atoms with E-state index in [1.54, 1.807) is 16.5 Å². The van der Waals surface area contributed by atoms with Crippen molar-refractivity contribution in [2.45, 2.75) is 19.4 Å². The van der Waals surface area contributed by atoms with E-state index in [2.05, 4.69) is 15.6 Å². The molecule has 1 aromatic carbocycles. The lowest BCUT2D eigenvalue weighted by Gasteiger charge is -2.17. The molecule has 7 heteroatoms. The summed E-state index contributed by atoms with van der Waals surface area (Å²) in [6.07, 6.45) is 2.21. The fourth-order valence-corrected chi connectivity index (χ4v) is 2.90. The van der Waals surface area contributed by atoms with Crippen molar-refractivity contribution < 1.29 is 9.59 Å². The van der Waals surface area contributed by atoms with Gasteiger partial charge in [0.25, 0.3) is 0 Å². The van der Waals surface area contributed by atoms with Gasteiger partial charge in [-0.05, 0) is 25.5 Å². The van der Waals surface area contributed by atoms with E-state index in [1.165, 1.54) is 11.3 Å². The average Bonchev–Trinajstić information content (AvgIpc) is 3.11. The summed E-state index contributed by atoms with van der Waals surface area (Å²) in [5.74, 6) is -0.0851. The molecule has 22 heavy (non-hydrogen) atoms. The highest BCUT2D eigenvalue weighted by molar-refractivity contribution is 7.13. The van der Waals surface area contributed by atoms with Crippen LogP contribution < -0.4 is 15.5 Å². The number of nitrogens with zero attached hydrogens (tertiary/aromatic N) is 2. The van der Waals surface area contributed by atoms with Crippen LogP contribution in [0.25, 0.3) is 0 Å². The lowest BCUT2D eigenvalue weighted by molar-refractivity contribution is -0.118. The molecule has 1 aliphatic rings. The molecule has 2 aromatic rings. The number of urea groups is 1. The molecule has 3 amide bonds. The van der Waals surface area contributed by atoms with Crippen molar-refractivity contribution in [2.75, 3.05) is 16.8 Å². The number of nitrogens with one attached hydrogen (secondary N) is 2. The SMILES string of the molecule is Cc1ccc(N2CCC(NC(=O)Nc3nccs3)C2=O)cc1. The number of hydrogen-bond acceptors (Lipinski definition) is 4. The second-order valence-corrected chi connectivity index (χ2v) is 6.00. The van der Waals surface area contributed by atoms with Gasteiger partial charge < -0.3 is 10.2 Å². The highest BCUT2D eigenvalue weighted by Gasteiger charge is 2.33. The van der Waals surface area contributed by atoms with E-state index in [0.717, 1.165) is 11.3 Å². The first kappa shape index (κ1) is 14.5. The number of benzene rings is 1. The molecule has 0 aliphatic carbocycles. The van der Waals surface area contributed by atoms with E-state index in [1.807, 2.05) is 31.2 Å². The minimum absolute atomic E-state index is 0.0851. The Kier molecular flexibility index (Phi) is 4.06. The van der Waals surface area contributed by atoms with Crippen molar-refractivity contribution >= 4 is 34.1 Å². The smallest absolute Gasteiger partial charge is 0.321 e. The van der Waals surface area contributed by atoms with Crippen LogP contribution >= 0.6 is 11.3 Å². The van der Waals surface area contributed by atoms with Crippen molar-refractivity contribution in [1.29, 1.82) is 0 Å². The molecular formula is C15H16N4O2S. The number of hydrogen-bond donors (Lipinski definition) is 2. The maximum Gasteiger partial charge on any atom is 0.321 e. The summed E-state index contributed by atoms with van der Waals surface area (Å²) in [5.41, 5.74) is 2.01. The second-order valence-electron chi connectivity index (χ2n) is 5.10. The van der Waals surface area contributed by atoms with Crippen molar-refractivity contribution in [3.05, 3.63) is 41.4 Å². The second kappa shape index (κ2) is 6.15. The third-order valence-corrected chi connectivity index (χ3v) is 4.20. The van der Waals surface area contributed by atoms with Gasteiger partial charge in [0.05, 0.1) is 0 Å². The molecule has 1 fully saturated rings. The number of aromatic nitrogens is 1. The Morgan fingerprint density at radius 1 is 1.36 bits per heavy atom. The number of carbonyl (C=O) groups excluding carboxylic acids is 2. The first-order valence-electron chi connectivity index (χ1n) is 6.98. The maximum atomic E-state index is 12.4. The van der Waals surface area contributed by atoms with E-state index in [0.29, 0.717) is 18.1 Å². The summed E-state index contributed by atoms with van der Waals surface area (Å²) >= 11 is 1.33. The van der Waals surface area contributed by atoms with E-state index in [4.69, 9.17) is 0 Å². The van der Waals surface area contributed by atoms with E-state index < -0.39 is 12.1 Å². The van der Waals surface area contributed by atoms with E-state index >= 15 is 0 Å². The molecule has 3 rings (SSSR count). The number of amides is 3. The van der Waals surface area contributed by atoms with Crippen LogP contribution in [0.2, 0.25) is 0 Å². The molecule has 1 atom stereocenters. The van der Waals surface area contributed by atoms with E-state index in [-0.39, 0.29) is 5.91 Å². The van der Waals surface area contributed by atoms with Gasteiger partial charge in [0.1, 0.15) is 6.04 Å². The van der Waals surface area contributed by atoms with Gasteiger partial charge >= 0.3 is 6.03 Å². The highest BCUT2D eigenvalue weighted by Crippen LogP contribution is 2.22. The number of aryl methyl sites for hydroxylation is 1. The van der Waals surface area contributed by atoms with E-state index in [9.17, 15) is 9.59 Å². The predicted octanol–water partition coefficient (Wildman–Crippen LogP) is 2.38. The number of rotatable bonds is 3. The third-order valence-electron chi connectivity index (χ3n) is 3.51. The Morgan fingerprint density at radius 3 is 2.82 bits per heavy atom. The van der Waals surface area contributed by atoms with Crippen LogP contribution in [0.1, 0.15) is 12.0 Å². The molecule has 0 spiro atoms. The fraction of sp³-hybridized carbons (Fsp3) is 0.267. The summed E-state index contributed by atoms with van der Waals surface area (Å²) in [5, 5.41) is 7.61. The average molecular weight is 316 g/mol. The van der Waals surface area contributed by atoms with Crippen molar-refractivity contribution in [3.8, 4) is 0 Å². The summed E-state index contributed by atoms with van der Waals surface area (Å²) < 4.78 is 0. The molecule has 0 radical (unpaired) electrons. The van der Waals surface area contributed by atoms with Crippen LogP contribution in [-0.4, -0.2) is 29.5 Å². The molecule has 6 nitrogen and oxygen atoms in total. The van der Waals surface area contributed by atoms with Crippen molar-refractivity contribution in [2.24, 2.45) is 0 Å². The first-order valence-corrected chi connectivity index (χ1v) is 7.86. The zero-order valence-electron chi connectivity index (χ0n) is 12.1. The lowest BCUT2D eigenvalue weighted by atomic mass is 10.2. The van der Waals surface area contributed by atoms with Gasteiger partial charge in [0, 0.05) is 23.8 Å². The van der Waals surface area contributed by atoms with Crippen molar-refractivity contribution in [3.63, 3.8) is 0 Å². The number of anilines is 2. The van der Waals surface area contributed by atoms with Gasteiger partial charge in [-0.3, -0.25) is 10.1 Å². The standard InChI is InChI=1S/C15H16N4O2S/c1-10-2-4-11(5-3-10)19-8-6-12(13(19)20)17-14(21)18-15-16-7-9-22-15/h2-5,7,9,12H,6,8H2,1H3,(H2,16,17,18,21). The van der Waals surface area contributed by atoms with Crippen LogP contribution in [0.3, 0.4) is 0 Å². The molecule has 1 saturated heterocycles. The molecule has 0 bridgehead atoms. The van der Waals surface area contributed by atoms with Gasteiger partial charge in [0.2, 0.25) is 5.91 Å². The molecule has 1 aliphatic heterocycles. The fourth-order valence-electron chi connectivity index (χ4n) is 2.37. The molecule has 2 N–H and O–H groups in total. The molecule has 1 aromatic heterocycles. The summed E-state index contributed by atoms with van der Waals surface area (Å²) in [4.78, 5) is 29.9.